The van der Waals surface area contributed by atoms with Gasteiger partial charge in [0.25, 0.3) is 0 Å². The SMILES string of the molecule is CC(C)(C)OCC(=O)NCC1CC(N)C1. The van der Waals surface area contributed by atoms with Crippen molar-refractivity contribution in [3.63, 3.8) is 0 Å². The van der Waals surface area contributed by atoms with Crippen molar-refractivity contribution < 1.29 is 9.53 Å². The summed E-state index contributed by atoms with van der Waals surface area (Å²) < 4.78 is 5.36. The molecule has 1 rings (SSSR count). The number of hydrogen-bond donors (Lipinski definition) is 2. The van der Waals surface area contributed by atoms with Gasteiger partial charge in [-0.05, 0) is 39.5 Å². The van der Waals surface area contributed by atoms with Crippen LogP contribution in [0.25, 0.3) is 0 Å². The Morgan fingerprint density at radius 1 is 1.47 bits per heavy atom. The Balaban J connectivity index is 2.04. The number of hydrogen-bond acceptors (Lipinski definition) is 3. The van der Waals surface area contributed by atoms with Gasteiger partial charge in [-0.1, -0.05) is 0 Å². The molecule has 4 heteroatoms. The third kappa shape index (κ3) is 5.14. The van der Waals surface area contributed by atoms with Gasteiger partial charge in [0.05, 0.1) is 5.60 Å². The van der Waals surface area contributed by atoms with Gasteiger partial charge in [-0.2, -0.15) is 0 Å². The lowest BCUT2D eigenvalue weighted by atomic mass is 9.81. The van der Waals surface area contributed by atoms with Gasteiger partial charge in [-0.15, -0.1) is 0 Å². The van der Waals surface area contributed by atoms with Gasteiger partial charge in [-0.25, -0.2) is 0 Å². The van der Waals surface area contributed by atoms with Crippen LogP contribution in [0.3, 0.4) is 0 Å². The summed E-state index contributed by atoms with van der Waals surface area (Å²) in [6, 6.07) is 0.345. The van der Waals surface area contributed by atoms with Gasteiger partial charge in [-0.3, -0.25) is 4.79 Å². The molecule has 1 amide bonds. The monoisotopic (exact) mass is 214 g/mol. The van der Waals surface area contributed by atoms with E-state index >= 15 is 0 Å². The molecule has 0 unspecified atom stereocenters. The molecule has 0 aromatic heterocycles. The van der Waals surface area contributed by atoms with E-state index in [1.807, 2.05) is 20.8 Å². The molecule has 0 atom stereocenters. The molecule has 0 saturated heterocycles. The smallest absolute Gasteiger partial charge is 0.246 e. The zero-order valence-electron chi connectivity index (χ0n) is 9.88. The molecule has 1 saturated carbocycles. The predicted octanol–water partition coefficient (Wildman–Crippen LogP) is 0.655. The number of carbonyl (C=O) groups is 1. The van der Waals surface area contributed by atoms with Crippen LogP contribution in [0.4, 0.5) is 0 Å². The highest BCUT2D eigenvalue weighted by molar-refractivity contribution is 5.77. The van der Waals surface area contributed by atoms with Crippen LogP contribution in [-0.4, -0.2) is 30.7 Å². The first kappa shape index (κ1) is 12.5. The third-order valence-corrected chi connectivity index (χ3v) is 2.50. The van der Waals surface area contributed by atoms with Crippen LogP contribution >= 0.6 is 0 Å². The summed E-state index contributed by atoms with van der Waals surface area (Å²) in [5.74, 6) is 0.531. The molecule has 3 N–H and O–H groups in total. The second-order valence-electron chi connectivity index (χ2n) is 5.30. The van der Waals surface area contributed by atoms with Crippen molar-refractivity contribution in [2.45, 2.75) is 45.3 Å². The number of nitrogens with one attached hydrogen (secondary N) is 1. The number of amides is 1. The normalized spacial score (nSPS) is 25.9. The van der Waals surface area contributed by atoms with Crippen LogP contribution in [0.5, 0.6) is 0 Å². The van der Waals surface area contributed by atoms with E-state index in [-0.39, 0.29) is 18.1 Å². The van der Waals surface area contributed by atoms with Crippen LogP contribution in [0.15, 0.2) is 0 Å². The number of carbonyl (C=O) groups excluding carboxylic acids is 1. The van der Waals surface area contributed by atoms with Crippen LogP contribution < -0.4 is 11.1 Å². The number of ether oxygens (including phenoxy) is 1. The van der Waals surface area contributed by atoms with E-state index in [0.29, 0.717) is 12.0 Å². The predicted molar refractivity (Wildman–Crippen MR) is 59.4 cm³/mol. The topological polar surface area (TPSA) is 64.3 Å². The minimum atomic E-state index is -0.254. The molecule has 4 nitrogen and oxygen atoms in total. The Hall–Kier alpha value is -0.610. The summed E-state index contributed by atoms with van der Waals surface area (Å²) in [4.78, 5) is 11.3. The lowest BCUT2D eigenvalue weighted by Crippen LogP contribution is -2.43. The first-order valence-corrected chi connectivity index (χ1v) is 5.53. The number of rotatable bonds is 4. The van der Waals surface area contributed by atoms with Gasteiger partial charge < -0.3 is 15.8 Å². The summed E-state index contributed by atoms with van der Waals surface area (Å²) in [7, 11) is 0. The van der Waals surface area contributed by atoms with E-state index in [9.17, 15) is 4.79 Å². The molecule has 0 spiro atoms. The van der Waals surface area contributed by atoms with Crippen LogP contribution in [0, 0.1) is 5.92 Å². The van der Waals surface area contributed by atoms with E-state index in [4.69, 9.17) is 10.5 Å². The van der Waals surface area contributed by atoms with Crippen LogP contribution in [0.2, 0.25) is 0 Å². The average Bonchev–Trinajstić information content (AvgIpc) is 2.06. The summed E-state index contributed by atoms with van der Waals surface area (Å²) in [6.07, 6.45) is 2.06. The molecule has 0 heterocycles. The van der Waals surface area contributed by atoms with E-state index in [0.717, 1.165) is 19.4 Å². The maximum Gasteiger partial charge on any atom is 0.246 e. The van der Waals surface area contributed by atoms with Gasteiger partial charge in [0.2, 0.25) is 5.91 Å². The molecule has 0 radical (unpaired) electrons. The minimum absolute atomic E-state index is 0.0367. The van der Waals surface area contributed by atoms with Crippen molar-refractivity contribution >= 4 is 5.91 Å². The van der Waals surface area contributed by atoms with E-state index in [2.05, 4.69) is 5.32 Å². The molecule has 88 valence electrons. The van der Waals surface area contributed by atoms with Crippen molar-refractivity contribution in [1.82, 2.24) is 5.32 Å². The molecule has 1 aliphatic carbocycles. The number of nitrogens with two attached hydrogens (primary N) is 1. The molecular formula is C11H22N2O2. The highest BCUT2D eigenvalue weighted by atomic mass is 16.5. The Kier molecular flexibility index (Phi) is 4.11. The average molecular weight is 214 g/mol. The zero-order chi connectivity index (χ0) is 11.5. The van der Waals surface area contributed by atoms with Gasteiger partial charge in [0, 0.05) is 12.6 Å². The van der Waals surface area contributed by atoms with E-state index in [1.165, 1.54) is 0 Å². The standard InChI is InChI=1S/C11H22N2O2/c1-11(2,3)15-7-10(14)13-6-8-4-9(12)5-8/h8-9H,4-7,12H2,1-3H3,(H,13,14). The maximum atomic E-state index is 11.3. The quantitative estimate of drug-likeness (QED) is 0.722. The van der Waals surface area contributed by atoms with Crippen molar-refractivity contribution in [1.29, 1.82) is 0 Å². The highest BCUT2D eigenvalue weighted by Gasteiger charge is 2.25. The van der Waals surface area contributed by atoms with Crippen LogP contribution in [-0.2, 0) is 9.53 Å². The molecule has 0 aromatic rings. The second kappa shape index (κ2) is 4.94. The van der Waals surface area contributed by atoms with Crippen molar-refractivity contribution in [3.8, 4) is 0 Å². The van der Waals surface area contributed by atoms with Crippen molar-refractivity contribution in [2.24, 2.45) is 11.7 Å². The first-order chi connectivity index (χ1) is 6.87. The Bertz CT molecular complexity index is 217. The fourth-order valence-electron chi connectivity index (χ4n) is 1.55. The summed E-state index contributed by atoms with van der Waals surface area (Å²) in [6.45, 7) is 6.68. The van der Waals surface area contributed by atoms with Crippen LogP contribution in [0.1, 0.15) is 33.6 Å². The minimum Gasteiger partial charge on any atom is -0.366 e. The van der Waals surface area contributed by atoms with Crippen molar-refractivity contribution in [3.05, 3.63) is 0 Å². The molecule has 0 bridgehead atoms. The molecule has 1 aliphatic rings. The fraction of sp³-hybridized carbons (Fsp3) is 0.909. The molecule has 15 heavy (non-hydrogen) atoms. The van der Waals surface area contributed by atoms with Gasteiger partial charge in [0.15, 0.2) is 0 Å². The molecule has 0 aliphatic heterocycles. The Morgan fingerprint density at radius 2 is 2.07 bits per heavy atom. The summed E-state index contributed by atoms with van der Waals surface area (Å²) >= 11 is 0. The van der Waals surface area contributed by atoms with Crippen molar-refractivity contribution in [2.75, 3.05) is 13.2 Å². The molecule has 1 fully saturated rings. The summed E-state index contributed by atoms with van der Waals surface area (Å²) in [5.41, 5.74) is 5.40. The molecular weight excluding hydrogens is 192 g/mol. The van der Waals surface area contributed by atoms with Gasteiger partial charge >= 0.3 is 0 Å². The van der Waals surface area contributed by atoms with E-state index in [1.54, 1.807) is 0 Å². The third-order valence-electron chi connectivity index (χ3n) is 2.50. The lowest BCUT2D eigenvalue weighted by molar-refractivity contribution is -0.130. The second-order valence-corrected chi connectivity index (χ2v) is 5.30. The zero-order valence-corrected chi connectivity index (χ0v) is 9.88. The van der Waals surface area contributed by atoms with Gasteiger partial charge in [0.1, 0.15) is 6.61 Å². The Labute approximate surface area is 91.5 Å². The molecule has 0 aromatic carbocycles. The van der Waals surface area contributed by atoms with E-state index < -0.39 is 0 Å². The highest BCUT2D eigenvalue weighted by Crippen LogP contribution is 2.24. The summed E-state index contributed by atoms with van der Waals surface area (Å²) in [5, 5.41) is 2.86. The first-order valence-electron chi connectivity index (χ1n) is 5.53. The largest absolute Gasteiger partial charge is 0.366 e. The Morgan fingerprint density at radius 3 is 2.53 bits per heavy atom. The lowest BCUT2D eigenvalue weighted by Gasteiger charge is -2.32. The maximum absolute atomic E-state index is 11.3. The fourth-order valence-corrected chi connectivity index (χ4v) is 1.55.